The molecule has 0 amide bonds. The molecule has 2 aromatic rings. The van der Waals surface area contributed by atoms with Gasteiger partial charge in [-0.3, -0.25) is 0 Å². The van der Waals surface area contributed by atoms with Crippen LogP contribution in [0.3, 0.4) is 0 Å². The fraction of sp³-hybridized carbons (Fsp3) is 0.188. The molecule has 2 rings (SSSR count). The van der Waals surface area contributed by atoms with E-state index in [4.69, 9.17) is 26.3 Å². The number of ether oxygens (including phenoxy) is 2. The molecule has 0 saturated carbocycles. The molecule has 0 radical (unpaired) electrons. The Morgan fingerprint density at radius 1 is 1.14 bits per heavy atom. The molecule has 0 aliphatic rings. The van der Waals surface area contributed by atoms with Crippen LogP contribution in [0, 0.1) is 11.3 Å². The van der Waals surface area contributed by atoms with E-state index in [0.717, 1.165) is 22.7 Å². The third-order valence-corrected chi connectivity index (χ3v) is 3.41. The summed E-state index contributed by atoms with van der Waals surface area (Å²) in [5, 5.41) is 12.7. The van der Waals surface area contributed by atoms with E-state index in [9.17, 15) is 0 Å². The van der Waals surface area contributed by atoms with Crippen molar-refractivity contribution in [3.05, 3.63) is 52.5 Å². The molecule has 5 heteroatoms. The van der Waals surface area contributed by atoms with Crippen molar-refractivity contribution >= 4 is 17.3 Å². The Morgan fingerprint density at radius 3 is 2.57 bits per heavy atom. The molecule has 0 bridgehead atoms. The van der Waals surface area contributed by atoms with Gasteiger partial charge in [-0.15, -0.1) is 0 Å². The predicted molar refractivity (Wildman–Crippen MR) is 83.0 cm³/mol. The van der Waals surface area contributed by atoms with E-state index in [1.165, 1.54) is 0 Å². The van der Waals surface area contributed by atoms with Crippen LogP contribution in [-0.4, -0.2) is 14.2 Å². The lowest BCUT2D eigenvalue weighted by atomic mass is 10.1. The number of hydrogen-bond acceptors (Lipinski definition) is 4. The normalized spacial score (nSPS) is 9.81. The SMILES string of the molecule is COc1ccc(OC)c(NCc2ccc(C#N)cc2Cl)c1. The molecule has 0 heterocycles. The van der Waals surface area contributed by atoms with Crippen LogP contribution in [0.25, 0.3) is 0 Å². The number of anilines is 1. The van der Waals surface area contributed by atoms with Crippen molar-refractivity contribution in [3.63, 3.8) is 0 Å². The Hall–Kier alpha value is -2.38. The smallest absolute Gasteiger partial charge is 0.142 e. The highest BCUT2D eigenvalue weighted by molar-refractivity contribution is 6.31. The second-order valence-electron chi connectivity index (χ2n) is 4.34. The summed E-state index contributed by atoms with van der Waals surface area (Å²) < 4.78 is 10.5. The molecule has 4 nitrogen and oxygen atoms in total. The zero-order valence-corrected chi connectivity index (χ0v) is 12.6. The number of rotatable bonds is 5. The van der Waals surface area contributed by atoms with Gasteiger partial charge in [-0.2, -0.15) is 5.26 Å². The second kappa shape index (κ2) is 6.87. The van der Waals surface area contributed by atoms with Crippen LogP contribution in [0.2, 0.25) is 5.02 Å². The average Bonchev–Trinajstić information content (AvgIpc) is 2.53. The third-order valence-electron chi connectivity index (χ3n) is 3.06. The molecular weight excluding hydrogens is 288 g/mol. The van der Waals surface area contributed by atoms with E-state index in [1.54, 1.807) is 26.4 Å². The highest BCUT2D eigenvalue weighted by atomic mass is 35.5. The maximum atomic E-state index is 8.83. The fourth-order valence-corrected chi connectivity index (χ4v) is 2.15. The van der Waals surface area contributed by atoms with Crippen LogP contribution in [-0.2, 0) is 6.54 Å². The Kier molecular flexibility index (Phi) is 4.91. The van der Waals surface area contributed by atoms with E-state index in [2.05, 4.69) is 11.4 Å². The molecule has 0 spiro atoms. The van der Waals surface area contributed by atoms with E-state index < -0.39 is 0 Å². The molecule has 0 aromatic heterocycles. The second-order valence-corrected chi connectivity index (χ2v) is 4.74. The van der Waals surface area contributed by atoms with Crippen molar-refractivity contribution in [1.82, 2.24) is 0 Å². The highest BCUT2D eigenvalue weighted by Crippen LogP contribution is 2.30. The summed E-state index contributed by atoms with van der Waals surface area (Å²) in [6, 6.07) is 12.8. The minimum absolute atomic E-state index is 0.522. The molecule has 21 heavy (non-hydrogen) atoms. The first kappa shape index (κ1) is 15.0. The highest BCUT2D eigenvalue weighted by Gasteiger charge is 2.07. The van der Waals surface area contributed by atoms with E-state index >= 15 is 0 Å². The van der Waals surface area contributed by atoms with Crippen molar-refractivity contribution in [1.29, 1.82) is 5.26 Å². The summed E-state index contributed by atoms with van der Waals surface area (Å²) in [6.45, 7) is 0.522. The average molecular weight is 303 g/mol. The molecule has 1 N–H and O–H groups in total. The standard InChI is InChI=1S/C16H15ClN2O2/c1-20-13-5-6-16(21-2)15(8-13)19-10-12-4-3-11(9-18)7-14(12)17/h3-8,19H,10H2,1-2H3. The lowest BCUT2D eigenvalue weighted by Gasteiger charge is -2.13. The van der Waals surface area contributed by atoms with Crippen LogP contribution in [0.4, 0.5) is 5.69 Å². The van der Waals surface area contributed by atoms with Gasteiger partial charge in [0.15, 0.2) is 0 Å². The van der Waals surface area contributed by atoms with Crippen LogP contribution in [0.5, 0.6) is 11.5 Å². The van der Waals surface area contributed by atoms with Gasteiger partial charge < -0.3 is 14.8 Å². The van der Waals surface area contributed by atoms with Crippen molar-refractivity contribution in [2.24, 2.45) is 0 Å². The molecule has 0 aliphatic heterocycles. The predicted octanol–water partition coefficient (Wildman–Crippen LogP) is 3.84. The van der Waals surface area contributed by atoms with Crippen LogP contribution >= 0.6 is 11.6 Å². The maximum absolute atomic E-state index is 8.83. The summed E-state index contributed by atoms with van der Waals surface area (Å²) >= 11 is 6.16. The van der Waals surface area contributed by atoms with Gasteiger partial charge in [-0.1, -0.05) is 17.7 Å². The van der Waals surface area contributed by atoms with Crippen molar-refractivity contribution in [2.75, 3.05) is 19.5 Å². The van der Waals surface area contributed by atoms with Crippen LogP contribution in [0.1, 0.15) is 11.1 Å². The Labute approximate surface area is 128 Å². The molecule has 108 valence electrons. The fourth-order valence-electron chi connectivity index (χ4n) is 1.90. The zero-order valence-electron chi connectivity index (χ0n) is 11.8. The third kappa shape index (κ3) is 3.59. The van der Waals surface area contributed by atoms with Crippen LogP contribution in [0.15, 0.2) is 36.4 Å². The quantitative estimate of drug-likeness (QED) is 0.911. The number of nitrogens with zero attached hydrogens (tertiary/aromatic N) is 1. The first-order valence-corrected chi connectivity index (χ1v) is 6.70. The molecule has 0 fully saturated rings. The van der Waals surface area contributed by atoms with Gasteiger partial charge in [-0.05, 0) is 29.8 Å². The maximum Gasteiger partial charge on any atom is 0.142 e. The lowest BCUT2D eigenvalue weighted by molar-refractivity contribution is 0.404. The van der Waals surface area contributed by atoms with Gasteiger partial charge in [0.1, 0.15) is 11.5 Å². The summed E-state index contributed by atoms with van der Waals surface area (Å²) in [5.41, 5.74) is 2.26. The molecule has 0 aliphatic carbocycles. The Balaban J connectivity index is 2.18. The van der Waals surface area contributed by atoms with Crippen molar-refractivity contribution in [3.8, 4) is 17.6 Å². The molecule has 0 atom stereocenters. The van der Waals surface area contributed by atoms with E-state index in [1.807, 2.05) is 24.3 Å². The number of halogens is 1. The number of methoxy groups -OCH3 is 2. The summed E-state index contributed by atoms with van der Waals surface area (Å²) in [5.74, 6) is 1.46. The zero-order chi connectivity index (χ0) is 15.2. The first-order chi connectivity index (χ1) is 10.2. The topological polar surface area (TPSA) is 54.3 Å². The minimum atomic E-state index is 0.522. The van der Waals surface area contributed by atoms with Gasteiger partial charge in [0, 0.05) is 17.6 Å². The molecule has 0 saturated heterocycles. The van der Waals surface area contributed by atoms with Gasteiger partial charge in [0.2, 0.25) is 0 Å². The Bertz CT molecular complexity index is 680. The van der Waals surface area contributed by atoms with Crippen LogP contribution < -0.4 is 14.8 Å². The molecular formula is C16H15ClN2O2. The van der Waals surface area contributed by atoms with Crippen molar-refractivity contribution < 1.29 is 9.47 Å². The van der Waals surface area contributed by atoms with Gasteiger partial charge in [0.05, 0.1) is 31.5 Å². The largest absolute Gasteiger partial charge is 0.497 e. The Morgan fingerprint density at radius 2 is 1.95 bits per heavy atom. The number of hydrogen-bond donors (Lipinski definition) is 1. The van der Waals surface area contributed by atoms with Gasteiger partial charge in [0.25, 0.3) is 0 Å². The molecule has 2 aromatic carbocycles. The summed E-state index contributed by atoms with van der Waals surface area (Å²) in [6.07, 6.45) is 0. The van der Waals surface area contributed by atoms with Crippen molar-refractivity contribution in [2.45, 2.75) is 6.54 Å². The van der Waals surface area contributed by atoms with Gasteiger partial charge in [-0.25, -0.2) is 0 Å². The summed E-state index contributed by atoms with van der Waals surface area (Å²) in [4.78, 5) is 0. The minimum Gasteiger partial charge on any atom is -0.497 e. The molecule has 0 unspecified atom stereocenters. The summed E-state index contributed by atoms with van der Waals surface area (Å²) in [7, 11) is 3.23. The monoisotopic (exact) mass is 302 g/mol. The number of nitrogens with one attached hydrogen (secondary N) is 1. The first-order valence-electron chi connectivity index (χ1n) is 6.32. The van der Waals surface area contributed by atoms with Gasteiger partial charge >= 0.3 is 0 Å². The van der Waals surface area contributed by atoms with E-state index in [0.29, 0.717) is 17.1 Å². The number of benzene rings is 2. The lowest BCUT2D eigenvalue weighted by Crippen LogP contribution is -2.02. The van der Waals surface area contributed by atoms with E-state index in [-0.39, 0.29) is 0 Å². The number of nitriles is 1.